The van der Waals surface area contributed by atoms with Crippen LogP contribution in [0, 0.1) is 5.82 Å². The molecule has 0 aliphatic carbocycles. The van der Waals surface area contributed by atoms with E-state index in [1.165, 1.54) is 24.4 Å². The highest BCUT2D eigenvalue weighted by molar-refractivity contribution is 7.92. The molecule has 204 valence electrons. The average molecular weight is 566 g/mol. The predicted octanol–water partition coefficient (Wildman–Crippen LogP) is 3.73. The summed E-state index contributed by atoms with van der Waals surface area (Å²) in [7, 11) is -4.87. The van der Waals surface area contributed by atoms with Gasteiger partial charge in [-0.1, -0.05) is 12.1 Å². The summed E-state index contributed by atoms with van der Waals surface area (Å²) >= 11 is 0. The third kappa shape index (κ3) is 7.19. The lowest BCUT2D eigenvalue weighted by molar-refractivity contribution is -0.106. The molecule has 0 radical (unpaired) electrons. The Bertz CT molecular complexity index is 1580. The van der Waals surface area contributed by atoms with E-state index in [0.29, 0.717) is 5.82 Å². The molecule has 0 unspecified atom stereocenters. The van der Waals surface area contributed by atoms with Crippen LogP contribution in [0.2, 0.25) is 0 Å². The summed E-state index contributed by atoms with van der Waals surface area (Å²) in [4.78, 5) is 20.2. The number of halogens is 4. The number of nitrogens with two attached hydrogens (primary N) is 1. The SMILES string of the molecule is NC(=O)c1c(-c2ccc(NS(=O)(=O)CC(F)(F)F)c(OCc3ccc(F)cn3)c2)n[nH]c1Nc1ccccn1. The number of amides is 1. The Morgan fingerprint density at radius 2 is 1.90 bits per heavy atom. The lowest BCUT2D eigenvalue weighted by atomic mass is 10.1. The van der Waals surface area contributed by atoms with Crippen LogP contribution in [0.4, 0.5) is 34.9 Å². The van der Waals surface area contributed by atoms with Crippen molar-refractivity contribution in [2.75, 3.05) is 15.8 Å². The van der Waals surface area contributed by atoms with Gasteiger partial charge >= 0.3 is 6.18 Å². The van der Waals surface area contributed by atoms with E-state index in [2.05, 4.69) is 25.5 Å². The van der Waals surface area contributed by atoms with E-state index >= 15 is 0 Å². The number of nitrogens with one attached hydrogen (secondary N) is 3. The molecule has 39 heavy (non-hydrogen) atoms. The summed E-state index contributed by atoms with van der Waals surface area (Å²) in [5.74, 6) is -3.33. The molecule has 5 N–H and O–H groups in total. The molecule has 0 aliphatic heterocycles. The number of primary amides is 1. The Hall–Kier alpha value is -4.73. The molecule has 16 heteroatoms. The summed E-state index contributed by atoms with van der Waals surface area (Å²) < 4.78 is 83.2. The van der Waals surface area contributed by atoms with Gasteiger partial charge in [-0.25, -0.2) is 17.8 Å². The molecular formula is C23H19F4N7O4S. The normalized spacial score (nSPS) is 11.7. The zero-order valence-electron chi connectivity index (χ0n) is 19.7. The van der Waals surface area contributed by atoms with Crippen molar-refractivity contribution in [1.82, 2.24) is 20.2 Å². The maximum Gasteiger partial charge on any atom is 0.404 e. The molecule has 0 saturated carbocycles. The van der Waals surface area contributed by atoms with Gasteiger partial charge in [0.15, 0.2) is 5.75 Å². The maximum atomic E-state index is 13.2. The van der Waals surface area contributed by atoms with Gasteiger partial charge in [0.25, 0.3) is 5.91 Å². The van der Waals surface area contributed by atoms with Crippen LogP contribution in [0.3, 0.4) is 0 Å². The van der Waals surface area contributed by atoms with Crippen molar-refractivity contribution in [2.45, 2.75) is 12.8 Å². The van der Waals surface area contributed by atoms with Crippen molar-refractivity contribution in [1.29, 1.82) is 0 Å². The Morgan fingerprint density at radius 1 is 1.10 bits per heavy atom. The zero-order chi connectivity index (χ0) is 28.2. The van der Waals surface area contributed by atoms with Crippen LogP contribution in [0.15, 0.2) is 60.9 Å². The summed E-state index contributed by atoms with van der Waals surface area (Å²) in [6.45, 7) is -0.298. The summed E-state index contributed by atoms with van der Waals surface area (Å²) in [6, 6.07) is 11.1. The van der Waals surface area contributed by atoms with Gasteiger partial charge in [0.05, 0.1) is 17.6 Å². The number of hydrogen-bond acceptors (Lipinski definition) is 8. The van der Waals surface area contributed by atoms with Crippen molar-refractivity contribution >= 4 is 33.3 Å². The number of sulfonamides is 1. The lowest BCUT2D eigenvalue weighted by Crippen LogP contribution is -2.28. The Balaban J connectivity index is 1.71. The first-order chi connectivity index (χ1) is 18.4. The van der Waals surface area contributed by atoms with Crippen LogP contribution in [0.25, 0.3) is 11.3 Å². The number of rotatable bonds is 10. The summed E-state index contributed by atoms with van der Waals surface area (Å²) in [6.07, 6.45) is -2.55. The quantitative estimate of drug-likeness (QED) is 0.211. The average Bonchev–Trinajstić information content (AvgIpc) is 3.27. The van der Waals surface area contributed by atoms with E-state index in [-0.39, 0.29) is 46.4 Å². The molecule has 0 saturated heterocycles. The van der Waals surface area contributed by atoms with Crippen LogP contribution in [0.1, 0.15) is 16.1 Å². The van der Waals surface area contributed by atoms with E-state index in [4.69, 9.17) is 10.5 Å². The van der Waals surface area contributed by atoms with Gasteiger partial charge in [-0.05, 0) is 36.4 Å². The number of anilines is 3. The van der Waals surface area contributed by atoms with Gasteiger partial charge in [-0.2, -0.15) is 18.3 Å². The second-order valence-electron chi connectivity index (χ2n) is 7.97. The van der Waals surface area contributed by atoms with Gasteiger partial charge < -0.3 is 15.8 Å². The number of nitrogens with zero attached hydrogens (tertiary/aromatic N) is 3. The molecule has 0 bridgehead atoms. The zero-order valence-corrected chi connectivity index (χ0v) is 20.5. The minimum atomic E-state index is -4.99. The van der Waals surface area contributed by atoms with E-state index in [0.717, 1.165) is 18.3 Å². The van der Waals surface area contributed by atoms with Gasteiger partial charge in [-0.3, -0.25) is 19.6 Å². The monoisotopic (exact) mass is 565 g/mol. The molecular weight excluding hydrogens is 546 g/mol. The maximum absolute atomic E-state index is 13.2. The molecule has 0 spiro atoms. The highest BCUT2D eigenvalue weighted by Gasteiger charge is 2.35. The first kappa shape index (κ1) is 27.3. The first-order valence-electron chi connectivity index (χ1n) is 10.9. The van der Waals surface area contributed by atoms with Crippen molar-refractivity contribution in [3.63, 3.8) is 0 Å². The number of aromatic amines is 1. The van der Waals surface area contributed by atoms with E-state index < -0.39 is 33.7 Å². The second kappa shape index (κ2) is 10.9. The molecule has 3 heterocycles. The minimum Gasteiger partial charge on any atom is -0.485 e. The topological polar surface area (TPSA) is 165 Å². The molecule has 3 aromatic heterocycles. The molecule has 4 aromatic rings. The summed E-state index contributed by atoms with van der Waals surface area (Å²) in [5, 5.41) is 9.63. The highest BCUT2D eigenvalue weighted by Crippen LogP contribution is 2.35. The second-order valence-corrected chi connectivity index (χ2v) is 9.69. The van der Waals surface area contributed by atoms with E-state index in [9.17, 15) is 30.8 Å². The molecule has 0 aliphatic rings. The first-order valence-corrected chi connectivity index (χ1v) is 12.6. The van der Waals surface area contributed by atoms with E-state index in [1.54, 1.807) is 18.2 Å². The number of carbonyl (C=O) groups is 1. The number of H-pyrrole nitrogens is 1. The molecule has 1 amide bonds. The molecule has 4 rings (SSSR count). The van der Waals surface area contributed by atoms with Crippen molar-refractivity contribution in [2.24, 2.45) is 5.73 Å². The smallest absolute Gasteiger partial charge is 0.404 e. The molecule has 11 nitrogen and oxygen atoms in total. The third-order valence-electron chi connectivity index (χ3n) is 4.97. The van der Waals surface area contributed by atoms with Gasteiger partial charge in [-0.15, -0.1) is 0 Å². The predicted molar refractivity (Wildman–Crippen MR) is 132 cm³/mol. The number of ether oxygens (including phenoxy) is 1. The molecule has 0 fully saturated rings. The van der Waals surface area contributed by atoms with Crippen LogP contribution in [-0.2, 0) is 16.6 Å². The van der Waals surface area contributed by atoms with Crippen LogP contribution in [0.5, 0.6) is 5.75 Å². The van der Waals surface area contributed by atoms with Crippen molar-refractivity contribution in [3.8, 4) is 17.0 Å². The number of hydrogen-bond donors (Lipinski definition) is 4. The van der Waals surface area contributed by atoms with Gasteiger partial charge in [0, 0.05) is 11.8 Å². The largest absolute Gasteiger partial charge is 0.485 e. The van der Waals surface area contributed by atoms with Crippen molar-refractivity contribution < 1.29 is 35.5 Å². The fraction of sp³-hybridized carbons (Fsp3) is 0.130. The number of carbonyl (C=O) groups excluding carboxylic acids is 1. The highest BCUT2D eigenvalue weighted by atomic mass is 32.2. The fourth-order valence-corrected chi connectivity index (χ4v) is 4.39. The van der Waals surface area contributed by atoms with Crippen LogP contribution < -0.4 is 20.5 Å². The fourth-order valence-electron chi connectivity index (χ4n) is 3.38. The van der Waals surface area contributed by atoms with Crippen LogP contribution in [-0.4, -0.2) is 46.4 Å². The molecule has 1 aromatic carbocycles. The van der Waals surface area contributed by atoms with Crippen LogP contribution >= 0.6 is 0 Å². The number of alkyl halides is 3. The third-order valence-corrected chi connectivity index (χ3v) is 6.21. The Morgan fingerprint density at radius 3 is 2.54 bits per heavy atom. The minimum absolute atomic E-state index is 0.0374. The molecule has 0 atom stereocenters. The number of benzene rings is 1. The standard InChI is InChI=1S/C23H19F4N7O4S/c24-14-5-6-15(30-10-14)11-38-17-9-13(4-7-16(17)34-39(36,37)12-23(25,26)27)20-19(21(28)35)22(33-32-20)31-18-3-1-2-8-29-18/h1-10,34H,11-12H2,(H2,28,35)(H2,29,31,32,33). The van der Waals surface area contributed by atoms with Gasteiger partial charge in [0.1, 0.15) is 41.1 Å². The Labute approximate surface area is 218 Å². The number of aromatic nitrogens is 4. The summed E-state index contributed by atoms with van der Waals surface area (Å²) in [5.41, 5.74) is 5.66. The Kier molecular flexibility index (Phi) is 7.66. The lowest BCUT2D eigenvalue weighted by Gasteiger charge is -2.16. The van der Waals surface area contributed by atoms with Gasteiger partial charge in [0.2, 0.25) is 10.0 Å². The van der Waals surface area contributed by atoms with Crippen molar-refractivity contribution in [3.05, 3.63) is 78.0 Å². The van der Waals surface area contributed by atoms with E-state index in [1.807, 2.05) is 4.72 Å². The number of pyridine rings is 2.